The Bertz CT molecular complexity index is 502. The fourth-order valence-corrected chi connectivity index (χ4v) is 2.21. The molecule has 2 atom stereocenters. The van der Waals surface area contributed by atoms with Crippen LogP contribution in [0.4, 0.5) is 8.78 Å². The van der Waals surface area contributed by atoms with Crippen LogP contribution in [0.25, 0.3) is 0 Å². The number of amides is 1. The maximum atomic E-state index is 13.1. The molecule has 2 rings (SSSR count). The Labute approximate surface area is 128 Å². The molecular weight excluding hydrogens is 302 g/mol. The van der Waals surface area contributed by atoms with E-state index in [9.17, 15) is 13.6 Å². The minimum absolute atomic E-state index is 0. The summed E-state index contributed by atoms with van der Waals surface area (Å²) in [5.74, 6) is -1.93. The van der Waals surface area contributed by atoms with E-state index in [4.69, 9.17) is 4.74 Å². The highest BCUT2D eigenvalue weighted by Crippen LogP contribution is 2.18. The predicted octanol–water partition coefficient (Wildman–Crippen LogP) is 1.97. The molecule has 0 aromatic heterocycles. The van der Waals surface area contributed by atoms with Crippen LogP contribution in [0.15, 0.2) is 18.2 Å². The van der Waals surface area contributed by atoms with Crippen molar-refractivity contribution in [1.82, 2.24) is 10.2 Å². The van der Waals surface area contributed by atoms with Crippen LogP contribution in [0.1, 0.15) is 13.8 Å². The highest BCUT2D eigenvalue weighted by Gasteiger charge is 2.28. The first-order chi connectivity index (χ1) is 9.49. The summed E-state index contributed by atoms with van der Waals surface area (Å²) in [5, 5.41) is 3.20. The van der Waals surface area contributed by atoms with E-state index in [1.54, 1.807) is 11.8 Å². The van der Waals surface area contributed by atoms with Gasteiger partial charge in [0.2, 0.25) is 0 Å². The molecule has 1 fully saturated rings. The highest BCUT2D eigenvalue weighted by atomic mass is 35.5. The number of halogens is 3. The first-order valence-electron chi connectivity index (χ1n) is 6.62. The van der Waals surface area contributed by atoms with Crippen molar-refractivity contribution < 1.29 is 18.3 Å². The van der Waals surface area contributed by atoms with E-state index in [-0.39, 0.29) is 30.1 Å². The van der Waals surface area contributed by atoms with Gasteiger partial charge in [-0.25, -0.2) is 8.78 Å². The molecule has 118 valence electrons. The minimum atomic E-state index is -0.988. The molecular formula is C14H19ClF2N2O2. The van der Waals surface area contributed by atoms with Crippen molar-refractivity contribution in [2.24, 2.45) is 0 Å². The Morgan fingerprint density at radius 1 is 1.43 bits per heavy atom. The monoisotopic (exact) mass is 320 g/mol. The molecule has 1 aromatic carbocycles. The molecule has 1 unspecified atom stereocenters. The summed E-state index contributed by atoms with van der Waals surface area (Å²) in [6, 6.07) is 3.33. The van der Waals surface area contributed by atoms with Crippen molar-refractivity contribution in [1.29, 1.82) is 0 Å². The zero-order chi connectivity index (χ0) is 14.7. The molecule has 0 saturated carbocycles. The van der Waals surface area contributed by atoms with Crippen LogP contribution < -0.4 is 10.1 Å². The topological polar surface area (TPSA) is 41.6 Å². The lowest BCUT2D eigenvalue weighted by molar-refractivity contribution is -0.140. The third-order valence-electron chi connectivity index (χ3n) is 3.34. The summed E-state index contributed by atoms with van der Waals surface area (Å²) in [6.07, 6.45) is -0.736. The molecule has 1 saturated heterocycles. The molecule has 21 heavy (non-hydrogen) atoms. The number of hydrogen-bond acceptors (Lipinski definition) is 3. The number of hydrogen-bond donors (Lipinski definition) is 1. The summed E-state index contributed by atoms with van der Waals surface area (Å²) in [5.41, 5.74) is 0. The van der Waals surface area contributed by atoms with Crippen molar-refractivity contribution in [3.63, 3.8) is 0 Å². The lowest BCUT2D eigenvalue weighted by Crippen LogP contribution is -2.55. The van der Waals surface area contributed by atoms with Crippen molar-refractivity contribution in [2.75, 3.05) is 19.6 Å². The average Bonchev–Trinajstić information content (AvgIpc) is 2.42. The van der Waals surface area contributed by atoms with Crippen LogP contribution >= 0.6 is 12.4 Å². The largest absolute Gasteiger partial charge is 0.481 e. The van der Waals surface area contributed by atoms with Crippen LogP contribution in [0.5, 0.6) is 5.75 Å². The summed E-state index contributed by atoms with van der Waals surface area (Å²) in [4.78, 5) is 14.0. The number of rotatable bonds is 3. The number of ether oxygens (including phenoxy) is 1. The number of nitrogens with zero attached hydrogens (tertiary/aromatic N) is 1. The average molecular weight is 321 g/mol. The quantitative estimate of drug-likeness (QED) is 0.926. The van der Waals surface area contributed by atoms with Gasteiger partial charge in [0.15, 0.2) is 17.7 Å². The van der Waals surface area contributed by atoms with Crippen LogP contribution in [0, 0.1) is 11.6 Å². The molecule has 1 aliphatic rings. The second-order valence-corrected chi connectivity index (χ2v) is 4.92. The number of carbonyl (C=O) groups is 1. The first kappa shape index (κ1) is 17.7. The van der Waals surface area contributed by atoms with Crippen molar-refractivity contribution >= 4 is 18.3 Å². The minimum Gasteiger partial charge on any atom is -0.481 e. The van der Waals surface area contributed by atoms with Gasteiger partial charge in [0.25, 0.3) is 5.91 Å². The fourth-order valence-electron chi connectivity index (χ4n) is 2.21. The summed E-state index contributed by atoms with van der Waals surface area (Å²) < 4.78 is 31.3. The van der Waals surface area contributed by atoms with Crippen LogP contribution in [0.3, 0.4) is 0 Å². The van der Waals surface area contributed by atoms with E-state index in [0.29, 0.717) is 6.54 Å². The second-order valence-electron chi connectivity index (χ2n) is 4.92. The Hall–Kier alpha value is -1.40. The SMILES string of the molecule is CC(Oc1ccc(F)c(F)c1)C(=O)N1CCNC[C@@H]1C.Cl. The van der Waals surface area contributed by atoms with Gasteiger partial charge in [0.05, 0.1) is 0 Å². The molecule has 0 spiro atoms. The van der Waals surface area contributed by atoms with Gasteiger partial charge < -0.3 is 15.0 Å². The van der Waals surface area contributed by atoms with Crippen molar-refractivity contribution in [3.8, 4) is 5.75 Å². The number of piperazine rings is 1. The van der Waals surface area contributed by atoms with Gasteiger partial charge in [-0.15, -0.1) is 12.4 Å². The second kappa shape index (κ2) is 7.56. The number of nitrogens with one attached hydrogen (secondary N) is 1. The third-order valence-corrected chi connectivity index (χ3v) is 3.34. The number of benzene rings is 1. The Morgan fingerprint density at radius 3 is 2.76 bits per heavy atom. The summed E-state index contributed by atoms with van der Waals surface area (Å²) in [7, 11) is 0. The standard InChI is InChI=1S/C14H18F2N2O2.ClH/c1-9-8-17-5-6-18(9)14(19)10(2)20-11-3-4-12(15)13(16)7-11;/h3-4,7,9-10,17H,5-6,8H2,1-2H3;1H/t9-,10?;/m0./s1. The van der Waals surface area contributed by atoms with E-state index in [2.05, 4.69) is 5.32 Å². The third kappa shape index (κ3) is 4.28. The molecule has 0 bridgehead atoms. The van der Waals surface area contributed by atoms with E-state index in [1.165, 1.54) is 6.07 Å². The molecule has 4 nitrogen and oxygen atoms in total. The molecule has 1 N–H and O–H groups in total. The smallest absolute Gasteiger partial charge is 0.263 e. The van der Waals surface area contributed by atoms with Crippen molar-refractivity contribution in [2.45, 2.75) is 26.0 Å². The Kier molecular flexibility index (Phi) is 6.36. The maximum Gasteiger partial charge on any atom is 0.263 e. The zero-order valence-corrected chi connectivity index (χ0v) is 12.8. The molecule has 0 radical (unpaired) electrons. The van der Waals surface area contributed by atoms with E-state index in [1.807, 2.05) is 6.92 Å². The molecule has 1 heterocycles. The summed E-state index contributed by atoms with van der Waals surface area (Å²) >= 11 is 0. The first-order valence-corrected chi connectivity index (χ1v) is 6.62. The van der Waals surface area contributed by atoms with Gasteiger partial charge in [-0.3, -0.25) is 4.79 Å². The van der Waals surface area contributed by atoms with Gasteiger partial charge in [0.1, 0.15) is 5.75 Å². The van der Waals surface area contributed by atoms with Gasteiger partial charge in [0, 0.05) is 31.7 Å². The summed E-state index contributed by atoms with van der Waals surface area (Å²) in [6.45, 7) is 5.66. The van der Waals surface area contributed by atoms with Gasteiger partial charge >= 0.3 is 0 Å². The lowest BCUT2D eigenvalue weighted by atomic mass is 10.2. The highest BCUT2D eigenvalue weighted by molar-refractivity contribution is 5.85. The van der Waals surface area contributed by atoms with E-state index >= 15 is 0 Å². The van der Waals surface area contributed by atoms with E-state index < -0.39 is 17.7 Å². The van der Waals surface area contributed by atoms with Crippen LogP contribution in [0.2, 0.25) is 0 Å². The Morgan fingerprint density at radius 2 is 2.14 bits per heavy atom. The van der Waals surface area contributed by atoms with Gasteiger partial charge in [-0.05, 0) is 26.0 Å². The van der Waals surface area contributed by atoms with Gasteiger partial charge in [-0.2, -0.15) is 0 Å². The molecule has 0 aliphatic carbocycles. The lowest BCUT2D eigenvalue weighted by Gasteiger charge is -2.35. The molecule has 1 aliphatic heterocycles. The molecule has 7 heteroatoms. The van der Waals surface area contributed by atoms with Crippen LogP contribution in [-0.2, 0) is 4.79 Å². The Balaban J connectivity index is 0.00000220. The fraction of sp³-hybridized carbons (Fsp3) is 0.500. The van der Waals surface area contributed by atoms with E-state index in [0.717, 1.165) is 25.2 Å². The van der Waals surface area contributed by atoms with Gasteiger partial charge in [-0.1, -0.05) is 0 Å². The maximum absolute atomic E-state index is 13.1. The number of carbonyl (C=O) groups excluding carboxylic acids is 1. The normalized spacial score (nSPS) is 19.6. The van der Waals surface area contributed by atoms with Crippen LogP contribution in [-0.4, -0.2) is 42.6 Å². The molecule has 1 aromatic rings. The zero-order valence-electron chi connectivity index (χ0n) is 11.9. The predicted molar refractivity (Wildman–Crippen MR) is 77.7 cm³/mol. The van der Waals surface area contributed by atoms with Crippen molar-refractivity contribution in [3.05, 3.63) is 29.8 Å². The molecule has 1 amide bonds.